The van der Waals surface area contributed by atoms with Gasteiger partial charge in [0.25, 0.3) is 5.56 Å². The van der Waals surface area contributed by atoms with Crippen molar-refractivity contribution in [1.82, 2.24) is 19.4 Å². The number of hydrogen-bond donors (Lipinski definition) is 1. The van der Waals surface area contributed by atoms with Crippen LogP contribution in [0.2, 0.25) is 0 Å². The molecule has 8 heteroatoms. The van der Waals surface area contributed by atoms with Gasteiger partial charge in [-0.3, -0.25) is 14.3 Å². The molecule has 0 atom stereocenters. The lowest BCUT2D eigenvalue weighted by Crippen LogP contribution is -2.51. The first-order chi connectivity index (χ1) is 14.1. The number of pyridine rings is 1. The number of ether oxygens (including phenoxy) is 2. The lowest BCUT2D eigenvalue weighted by molar-refractivity contribution is -0.0780. The number of β-amino-alcohol motifs (C(OH)–C–C–N with tert-alkyl or cyclic N) is 1. The van der Waals surface area contributed by atoms with Crippen molar-refractivity contribution in [2.75, 3.05) is 46.1 Å². The normalized spacial score (nSPS) is 21.0. The molecule has 2 aromatic heterocycles. The van der Waals surface area contributed by atoms with Gasteiger partial charge in [-0.1, -0.05) is 0 Å². The van der Waals surface area contributed by atoms with E-state index in [9.17, 15) is 9.90 Å². The molecule has 1 N–H and O–H groups in total. The Hall–Kier alpha value is -2.13. The fourth-order valence-corrected chi connectivity index (χ4v) is 4.04. The number of rotatable bonds is 5. The van der Waals surface area contributed by atoms with E-state index in [2.05, 4.69) is 14.9 Å². The van der Waals surface area contributed by atoms with Crippen LogP contribution in [0.25, 0.3) is 11.3 Å². The molecular weight excluding hydrogens is 372 g/mol. The summed E-state index contributed by atoms with van der Waals surface area (Å²) in [6.07, 6.45) is 7.00. The molecule has 4 heterocycles. The molecule has 0 radical (unpaired) electrons. The second kappa shape index (κ2) is 9.13. The highest BCUT2D eigenvalue weighted by Crippen LogP contribution is 2.22. The van der Waals surface area contributed by atoms with Crippen molar-refractivity contribution in [3.63, 3.8) is 0 Å². The number of aliphatic hydroxyl groups is 1. The Morgan fingerprint density at radius 3 is 2.48 bits per heavy atom. The maximum absolute atomic E-state index is 12.5. The summed E-state index contributed by atoms with van der Waals surface area (Å²) >= 11 is 0. The number of piperidine rings is 1. The molecule has 8 nitrogen and oxygen atoms in total. The van der Waals surface area contributed by atoms with Crippen LogP contribution >= 0.6 is 0 Å². The minimum Gasteiger partial charge on any atom is -0.384 e. The van der Waals surface area contributed by atoms with Crippen LogP contribution in [-0.2, 0) is 16.0 Å². The second-order valence-corrected chi connectivity index (χ2v) is 8.05. The Bertz CT molecular complexity index is 841. The Morgan fingerprint density at radius 1 is 1.14 bits per heavy atom. The van der Waals surface area contributed by atoms with Gasteiger partial charge in [-0.15, -0.1) is 0 Å². The molecule has 0 aromatic carbocycles. The van der Waals surface area contributed by atoms with Crippen molar-refractivity contribution in [3.05, 3.63) is 47.3 Å². The predicted octanol–water partition coefficient (Wildman–Crippen LogP) is 0.795. The summed E-state index contributed by atoms with van der Waals surface area (Å²) in [5, 5.41) is 10.7. The Balaban J connectivity index is 1.31. The van der Waals surface area contributed by atoms with Crippen LogP contribution in [-0.4, -0.2) is 76.2 Å². The van der Waals surface area contributed by atoms with Crippen LogP contribution in [0.15, 0.2) is 41.7 Å². The van der Waals surface area contributed by atoms with E-state index in [4.69, 9.17) is 9.47 Å². The lowest BCUT2D eigenvalue weighted by Gasteiger charge is -2.37. The fraction of sp³-hybridized carbons (Fsp3) is 0.571. The first kappa shape index (κ1) is 20.2. The Morgan fingerprint density at radius 2 is 1.83 bits per heavy atom. The molecular formula is C21H28N4O4. The van der Waals surface area contributed by atoms with Crippen LogP contribution < -0.4 is 5.56 Å². The van der Waals surface area contributed by atoms with Crippen molar-refractivity contribution < 1.29 is 14.6 Å². The largest absolute Gasteiger partial charge is 0.384 e. The number of hydrogen-bond acceptors (Lipinski definition) is 7. The highest BCUT2D eigenvalue weighted by Gasteiger charge is 2.33. The predicted molar refractivity (Wildman–Crippen MR) is 107 cm³/mol. The number of likely N-dealkylation sites (tertiary alicyclic amines) is 1. The molecule has 2 saturated heterocycles. The Kier molecular flexibility index (Phi) is 6.34. The zero-order chi connectivity index (χ0) is 20.1. The highest BCUT2D eigenvalue weighted by molar-refractivity contribution is 5.57. The van der Waals surface area contributed by atoms with Gasteiger partial charge in [0.05, 0.1) is 38.4 Å². The fourth-order valence-electron chi connectivity index (χ4n) is 4.04. The van der Waals surface area contributed by atoms with E-state index in [1.807, 2.05) is 12.1 Å². The maximum Gasteiger partial charge on any atom is 0.253 e. The van der Waals surface area contributed by atoms with Crippen LogP contribution in [0, 0.1) is 5.92 Å². The summed E-state index contributed by atoms with van der Waals surface area (Å²) < 4.78 is 12.6. The van der Waals surface area contributed by atoms with E-state index in [1.165, 1.54) is 0 Å². The van der Waals surface area contributed by atoms with Crippen molar-refractivity contribution in [3.8, 4) is 11.3 Å². The van der Waals surface area contributed by atoms with Gasteiger partial charge in [-0.25, -0.2) is 4.98 Å². The molecule has 4 rings (SSSR count). The van der Waals surface area contributed by atoms with Gasteiger partial charge in [0, 0.05) is 37.1 Å². The van der Waals surface area contributed by atoms with Gasteiger partial charge in [-0.2, -0.15) is 0 Å². The summed E-state index contributed by atoms with van der Waals surface area (Å²) in [4.78, 5) is 23.2. The highest BCUT2D eigenvalue weighted by atomic mass is 16.6. The molecule has 0 amide bonds. The average Bonchev–Trinajstić information content (AvgIpc) is 2.96. The molecule has 156 valence electrons. The van der Waals surface area contributed by atoms with E-state index in [-0.39, 0.29) is 5.56 Å². The topological polar surface area (TPSA) is 89.7 Å². The molecule has 0 bridgehead atoms. The van der Waals surface area contributed by atoms with Gasteiger partial charge in [-0.05, 0) is 44.0 Å². The molecule has 0 saturated carbocycles. The van der Waals surface area contributed by atoms with Crippen molar-refractivity contribution in [1.29, 1.82) is 0 Å². The monoisotopic (exact) mass is 400 g/mol. The van der Waals surface area contributed by atoms with Crippen molar-refractivity contribution in [2.45, 2.75) is 25.0 Å². The first-order valence-corrected chi connectivity index (χ1v) is 10.2. The summed E-state index contributed by atoms with van der Waals surface area (Å²) in [6, 6.07) is 5.28. The first-order valence-electron chi connectivity index (χ1n) is 10.2. The van der Waals surface area contributed by atoms with Crippen molar-refractivity contribution >= 4 is 0 Å². The van der Waals surface area contributed by atoms with Crippen molar-refractivity contribution in [2.24, 2.45) is 5.92 Å². The molecule has 2 aliphatic heterocycles. The van der Waals surface area contributed by atoms with Gasteiger partial charge in [0.1, 0.15) is 5.60 Å². The molecule has 0 spiro atoms. The third-order valence-electron chi connectivity index (χ3n) is 5.65. The molecule has 0 aliphatic carbocycles. The smallest absolute Gasteiger partial charge is 0.253 e. The van der Waals surface area contributed by atoms with E-state index < -0.39 is 5.60 Å². The lowest BCUT2D eigenvalue weighted by atomic mass is 9.95. The summed E-state index contributed by atoms with van der Waals surface area (Å²) in [5.74, 6) is 0.425. The number of aromatic nitrogens is 3. The van der Waals surface area contributed by atoms with E-state index in [0.717, 1.165) is 31.5 Å². The van der Waals surface area contributed by atoms with Crippen LogP contribution in [0.5, 0.6) is 0 Å². The maximum atomic E-state index is 12.5. The second-order valence-electron chi connectivity index (χ2n) is 8.05. The Labute approximate surface area is 170 Å². The van der Waals surface area contributed by atoms with Crippen LogP contribution in [0.3, 0.4) is 0 Å². The standard InChI is InChI=1S/C21H28N4O4/c26-20-11-19(18-1-5-22-6-2-18)23-16-25(20)12-17-3-7-24(8-4-17)13-21(27)14-28-9-10-29-15-21/h1-2,5-6,11,16-17,27H,3-4,7-10,12-15H2. The molecule has 2 aliphatic rings. The van der Waals surface area contributed by atoms with Gasteiger partial charge in [0.2, 0.25) is 0 Å². The van der Waals surface area contributed by atoms with Gasteiger partial charge in [0.15, 0.2) is 0 Å². The van der Waals surface area contributed by atoms with Gasteiger partial charge >= 0.3 is 0 Å². The van der Waals surface area contributed by atoms with E-state index >= 15 is 0 Å². The SMILES string of the molecule is O=c1cc(-c2ccncc2)ncn1CC1CCN(CC2(O)COCCOC2)CC1. The van der Waals surface area contributed by atoms with Crippen LogP contribution in [0.1, 0.15) is 12.8 Å². The summed E-state index contributed by atoms with van der Waals surface area (Å²) in [5.41, 5.74) is 0.593. The minimum atomic E-state index is -0.938. The molecule has 2 aromatic rings. The molecule has 29 heavy (non-hydrogen) atoms. The molecule has 2 fully saturated rings. The summed E-state index contributed by atoms with van der Waals surface area (Å²) in [7, 11) is 0. The quantitative estimate of drug-likeness (QED) is 0.794. The summed E-state index contributed by atoms with van der Waals surface area (Å²) in [6.45, 7) is 4.72. The van der Waals surface area contributed by atoms with Gasteiger partial charge < -0.3 is 19.5 Å². The zero-order valence-electron chi connectivity index (χ0n) is 16.6. The zero-order valence-corrected chi connectivity index (χ0v) is 16.6. The third-order valence-corrected chi connectivity index (χ3v) is 5.65. The minimum absolute atomic E-state index is 0.0312. The molecule has 0 unspecified atom stereocenters. The number of nitrogens with zero attached hydrogens (tertiary/aromatic N) is 4. The third kappa shape index (κ3) is 5.27. The van der Waals surface area contributed by atoms with Crippen LogP contribution in [0.4, 0.5) is 0 Å². The average molecular weight is 400 g/mol. The van der Waals surface area contributed by atoms with E-state index in [0.29, 0.717) is 51.1 Å². The van der Waals surface area contributed by atoms with E-state index in [1.54, 1.807) is 29.4 Å².